The van der Waals surface area contributed by atoms with Crippen molar-refractivity contribution in [2.45, 2.75) is 172 Å². The predicted octanol–water partition coefficient (Wildman–Crippen LogP) is 17.5. The van der Waals surface area contributed by atoms with Crippen LogP contribution < -0.4 is 15.0 Å². The van der Waals surface area contributed by atoms with Gasteiger partial charge < -0.3 is 9.47 Å². The molecule has 6 aromatic carbocycles. The van der Waals surface area contributed by atoms with Crippen molar-refractivity contribution in [3.8, 4) is 11.5 Å². The van der Waals surface area contributed by atoms with Crippen LogP contribution in [-0.4, -0.2) is 16.1 Å². The molecular formula is C63H88N2O4. The van der Waals surface area contributed by atoms with Crippen LogP contribution in [0.3, 0.4) is 0 Å². The molecule has 0 fully saturated rings. The molecule has 0 radical (unpaired) electrons. The zero-order valence-corrected chi connectivity index (χ0v) is 45.5. The minimum atomic E-state index is -0.194. The number of nitrogens with zero attached hydrogens (tertiary/aromatic N) is 1. The molecule has 1 N–H and O–H groups in total. The highest BCUT2D eigenvalue weighted by molar-refractivity contribution is 5.42. The summed E-state index contributed by atoms with van der Waals surface area (Å²) in [4.78, 5) is 12.6. The van der Waals surface area contributed by atoms with Crippen molar-refractivity contribution >= 4 is 0 Å². The van der Waals surface area contributed by atoms with Crippen molar-refractivity contribution in [1.29, 1.82) is 0 Å². The topological polar surface area (TPSA) is 52.2 Å². The highest BCUT2D eigenvalue weighted by atomic mass is 16.7. The zero-order chi connectivity index (χ0) is 51.2. The van der Waals surface area contributed by atoms with Crippen LogP contribution in [0.25, 0.3) is 0 Å². The van der Waals surface area contributed by atoms with E-state index in [2.05, 4.69) is 247 Å². The summed E-state index contributed by atoms with van der Waals surface area (Å²) in [5.74, 6) is 2.06. The van der Waals surface area contributed by atoms with Gasteiger partial charge in [0.05, 0.1) is 6.04 Å². The summed E-state index contributed by atoms with van der Waals surface area (Å²) >= 11 is 0. The van der Waals surface area contributed by atoms with Crippen LogP contribution in [0.4, 0.5) is 0 Å². The SMILES string of the molecule is CC.CC(ONC(C)(C)C)c1ccc(COc2ccc(C(C)(C)c3ccc(OCc4ccc(C(C)ON(C(c5ccccc5)C(C)C)C(C)(C)C)cc4)cc3)cc2)cc1.CCC.Cc1ccccc1. The van der Waals surface area contributed by atoms with Gasteiger partial charge in [-0.3, -0.25) is 9.68 Å². The Labute approximate surface area is 419 Å². The molecular weight excluding hydrogens is 849 g/mol. The van der Waals surface area contributed by atoms with E-state index in [4.69, 9.17) is 19.1 Å². The molecule has 0 aliphatic heterocycles. The molecule has 0 heterocycles. The minimum absolute atomic E-state index is 0.0483. The molecule has 0 amide bonds. The van der Waals surface area contributed by atoms with Gasteiger partial charge in [0.15, 0.2) is 0 Å². The van der Waals surface area contributed by atoms with Crippen LogP contribution >= 0.6 is 0 Å². The maximum absolute atomic E-state index is 6.76. The second-order valence-corrected chi connectivity index (χ2v) is 20.6. The van der Waals surface area contributed by atoms with Gasteiger partial charge in [0.1, 0.15) is 36.9 Å². The van der Waals surface area contributed by atoms with Crippen LogP contribution in [0, 0.1) is 12.8 Å². The van der Waals surface area contributed by atoms with Crippen molar-refractivity contribution < 1.29 is 19.1 Å². The Bertz CT molecular complexity index is 2260. The van der Waals surface area contributed by atoms with Gasteiger partial charge in [0.25, 0.3) is 0 Å². The third-order valence-electron chi connectivity index (χ3n) is 11.3. The second kappa shape index (κ2) is 28.4. The van der Waals surface area contributed by atoms with Crippen LogP contribution in [0.2, 0.25) is 0 Å². The van der Waals surface area contributed by atoms with Crippen LogP contribution in [0.1, 0.15) is 180 Å². The molecule has 6 rings (SSSR count). The number of rotatable bonds is 17. The summed E-state index contributed by atoms with van der Waals surface area (Å²) in [5, 5.41) is 2.19. The molecule has 6 aromatic rings. The molecule has 374 valence electrons. The summed E-state index contributed by atoms with van der Waals surface area (Å²) < 4.78 is 12.4. The van der Waals surface area contributed by atoms with Crippen molar-refractivity contribution in [3.05, 3.63) is 202 Å². The van der Waals surface area contributed by atoms with E-state index >= 15 is 0 Å². The van der Waals surface area contributed by atoms with E-state index < -0.39 is 0 Å². The molecule has 0 aromatic heterocycles. The Balaban J connectivity index is 0.000000930. The van der Waals surface area contributed by atoms with Crippen molar-refractivity contribution in [2.75, 3.05) is 0 Å². The van der Waals surface area contributed by atoms with E-state index in [-0.39, 0.29) is 34.7 Å². The molecule has 69 heavy (non-hydrogen) atoms. The number of aryl methyl sites for hydroxylation is 1. The lowest BCUT2D eigenvalue weighted by atomic mass is 9.78. The third-order valence-corrected chi connectivity index (χ3v) is 11.3. The fourth-order valence-corrected chi connectivity index (χ4v) is 7.39. The number of benzene rings is 6. The van der Waals surface area contributed by atoms with Gasteiger partial charge in [-0.25, -0.2) is 0 Å². The lowest BCUT2D eigenvalue weighted by Gasteiger charge is -2.44. The standard InChI is InChI=1S/C51H66N2O4.C7H8.C3H8.C2H6/c1-36(2)48(43-16-14-13-15-17-43)53(50(8,9)10)57-38(4)42-24-20-40(21-25-42)35-55-47-32-28-45(29-33-47)51(11,12)44-26-30-46(31-27-44)54-34-39-18-22-41(23-19-39)37(3)56-52-49(5,6)7;1-7-5-3-2-4-6-7;1-3-2;1-2/h13-33,36-38,48,52H,34-35H2,1-12H3;2-6H,1H3;3H2,1-2H3;1-2H3. The summed E-state index contributed by atoms with van der Waals surface area (Å²) in [6.45, 7) is 37.4. The highest BCUT2D eigenvalue weighted by Crippen LogP contribution is 2.38. The Hall–Kier alpha value is -5.24. The number of ether oxygens (including phenoxy) is 2. The first-order valence-corrected chi connectivity index (χ1v) is 25.3. The zero-order valence-electron chi connectivity index (χ0n) is 45.5. The van der Waals surface area contributed by atoms with Crippen molar-refractivity contribution in [1.82, 2.24) is 10.5 Å². The second-order valence-electron chi connectivity index (χ2n) is 20.6. The monoisotopic (exact) mass is 937 g/mol. The van der Waals surface area contributed by atoms with E-state index in [1.807, 2.05) is 39.0 Å². The van der Waals surface area contributed by atoms with E-state index in [1.54, 1.807) is 0 Å². The largest absolute Gasteiger partial charge is 0.489 e. The first-order chi connectivity index (χ1) is 32.7. The first kappa shape index (κ1) is 58.1. The summed E-state index contributed by atoms with van der Waals surface area (Å²) in [6, 6.07) is 54.9. The Kier molecular flexibility index (Phi) is 23.9. The van der Waals surface area contributed by atoms with Gasteiger partial charge in [-0.1, -0.05) is 201 Å². The molecule has 0 aliphatic rings. The van der Waals surface area contributed by atoms with Gasteiger partial charge in [-0.05, 0) is 131 Å². The molecule has 3 unspecified atom stereocenters. The van der Waals surface area contributed by atoms with Crippen LogP contribution in [0.15, 0.2) is 158 Å². The minimum Gasteiger partial charge on any atom is -0.489 e. The molecule has 0 spiro atoms. The molecule has 0 saturated carbocycles. The van der Waals surface area contributed by atoms with Gasteiger partial charge in [-0.15, -0.1) is 0 Å². The van der Waals surface area contributed by atoms with Crippen LogP contribution in [-0.2, 0) is 28.3 Å². The normalized spacial score (nSPS) is 12.9. The molecule has 0 aliphatic carbocycles. The average Bonchev–Trinajstić information content (AvgIpc) is 3.33. The maximum Gasteiger partial charge on any atom is 0.119 e. The van der Waals surface area contributed by atoms with E-state index in [0.717, 1.165) is 33.8 Å². The summed E-state index contributed by atoms with van der Waals surface area (Å²) in [6.07, 6.45) is 1.09. The number of hydrogen-bond donors (Lipinski definition) is 1. The Morgan fingerprint density at radius 1 is 0.493 bits per heavy atom. The average molecular weight is 937 g/mol. The maximum atomic E-state index is 6.76. The quantitative estimate of drug-likeness (QED) is 0.0920. The van der Waals surface area contributed by atoms with E-state index in [9.17, 15) is 0 Å². The molecule has 3 atom stereocenters. The lowest BCUT2D eigenvalue weighted by Crippen LogP contribution is -2.46. The van der Waals surface area contributed by atoms with Crippen molar-refractivity contribution in [3.63, 3.8) is 0 Å². The summed E-state index contributed by atoms with van der Waals surface area (Å²) in [5.41, 5.74) is 12.1. The van der Waals surface area contributed by atoms with Gasteiger partial charge in [0.2, 0.25) is 0 Å². The molecule has 0 saturated heterocycles. The Morgan fingerprint density at radius 3 is 1.23 bits per heavy atom. The smallest absolute Gasteiger partial charge is 0.119 e. The Morgan fingerprint density at radius 2 is 0.884 bits per heavy atom. The van der Waals surface area contributed by atoms with Crippen molar-refractivity contribution in [2.24, 2.45) is 5.92 Å². The molecule has 6 heteroatoms. The van der Waals surface area contributed by atoms with Gasteiger partial charge in [-0.2, -0.15) is 10.5 Å². The molecule has 6 nitrogen and oxygen atoms in total. The third kappa shape index (κ3) is 19.6. The predicted molar refractivity (Wildman–Crippen MR) is 293 cm³/mol. The fourth-order valence-electron chi connectivity index (χ4n) is 7.39. The van der Waals surface area contributed by atoms with Crippen LogP contribution in [0.5, 0.6) is 11.5 Å². The van der Waals surface area contributed by atoms with Gasteiger partial charge in [0, 0.05) is 16.5 Å². The highest BCUT2D eigenvalue weighted by Gasteiger charge is 2.35. The summed E-state index contributed by atoms with van der Waals surface area (Å²) in [7, 11) is 0. The number of nitrogens with one attached hydrogen (secondary N) is 1. The first-order valence-electron chi connectivity index (χ1n) is 25.3. The van der Waals surface area contributed by atoms with E-state index in [1.165, 1.54) is 28.7 Å². The number of hydrogen-bond acceptors (Lipinski definition) is 6. The lowest BCUT2D eigenvalue weighted by molar-refractivity contribution is -0.272. The van der Waals surface area contributed by atoms with E-state index in [0.29, 0.717) is 19.1 Å². The molecule has 0 bridgehead atoms. The number of hydroxylamine groups is 3. The fraction of sp³-hybridized carbons (Fsp3) is 0.429. The van der Waals surface area contributed by atoms with Gasteiger partial charge >= 0.3 is 0 Å².